The molecule has 0 aliphatic heterocycles. The minimum Gasteiger partial charge on any atom is -0.464 e. The Morgan fingerprint density at radius 3 is 2.44 bits per heavy atom. The van der Waals surface area contributed by atoms with E-state index in [1.807, 2.05) is 36.4 Å². The Labute approximate surface area is 156 Å². The number of nitrogens with zero attached hydrogens (tertiary/aromatic N) is 2. The zero-order chi connectivity index (χ0) is 19.4. The van der Waals surface area contributed by atoms with Gasteiger partial charge < -0.3 is 15.0 Å². The number of hydrogen-bond donors (Lipinski definition) is 1. The molecule has 134 valence electrons. The van der Waals surface area contributed by atoms with Crippen LogP contribution >= 0.6 is 0 Å². The quantitative estimate of drug-likeness (QED) is 0.557. The summed E-state index contributed by atoms with van der Waals surface area (Å²) in [6.45, 7) is 0. The summed E-state index contributed by atoms with van der Waals surface area (Å²) < 4.78 is 6.24. The molecule has 2 N–H and O–H groups in total. The van der Waals surface area contributed by atoms with Gasteiger partial charge in [0.15, 0.2) is 11.5 Å². The molecular formula is C21H17N3O3. The second kappa shape index (κ2) is 7.58. The number of rotatable bonds is 5. The van der Waals surface area contributed by atoms with Crippen molar-refractivity contribution in [1.29, 1.82) is 5.26 Å². The normalized spacial score (nSPS) is 10.2. The molecule has 0 saturated heterocycles. The van der Waals surface area contributed by atoms with E-state index >= 15 is 0 Å². The lowest BCUT2D eigenvalue weighted by Crippen LogP contribution is -2.14. The minimum atomic E-state index is -0.681. The van der Waals surface area contributed by atoms with Crippen molar-refractivity contribution >= 4 is 17.4 Å². The van der Waals surface area contributed by atoms with Gasteiger partial charge in [-0.1, -0.05) is 42.5 Å². The van der Waals surface area contributed by atoms with Gasteiger partial charge in [-0.15, -0.1) is 0 Å². The summed E-state index contributed by atoms with van der Waals surface area (Å²) in [6, 6.07) is 18.2. The predicted octanol–water partition coefficient (Wildman–Crippen LogP) is 3.14. The molecule has 0 aliphatic carbocycles. The smallest absolute Gasteiger partial charge is 0.357 e. The molecule has 3 rings (SSSR count). The molecule has 6 heteroatoms. The zero-order valence-corrected chi connectivity index (χ0v) is 14.7. The maximum absolute atomic E-state index is 12.9. The van der Waals surface area contributed by atoms with Crippen molar-refractivity contribution in [3.05, 3.63) is 83.2 Å². The maximum Gasteiger partial charge on any atom is 0.357 e. The highest BCUT2D eigenvalue weighted by molar-refractivity contribution is 6.02. The van der Waals surface area contributed by atoms with Gasteiger partial charge >= 0.3 is 5.97 Å². The fourth-order valence-corrected chi connectivity index (χ4v) is 2.90. The summed E-state index contributed by atoms with van der Waals surface area (Å²) in [5.74, 6) is -0.794. The molecule has 1 heterocycles. The van der Waals surface area contributed by atoms with E-state index in [9.17, 15) is 14.9 Å². The van der Waals surface area contributed by atoms with Gasteiger partial charge in [-0.3, -0.25) is 4.79 Å². The highest BCUT2D eigenvalue weighted by Gasteiger charge is 2.24. The number of carbonyl (C=O) groups is 2. The third kappa shape index (κ3) is 3.44. The Morgan fingerprint density at radius 1 is 1.11 bits per heavy atom. The summed E-state index contributed by atoms with van der Waals surface area (Å²) in [6.07, 6.45) is 1.66. The van der Waals surface area contributed by atoms with Crippen molar-refractivity contribution in [1.82, 2.24) is 4.57 Å². The van der Waals surface area contributed by atoms with Gasteiger partial charge in [-0.05, 0) is 17.7 Å². The number of ether oxygens (including phenoxy) is 1. The summed E-state index contributed by atoms with van der Waals surface area (Å²) in [7, 11) is 1.23. The number of esters is 1. The lowest BCUT2D eigenvalue weighted by Gasteiger charge is -2.13. The van der Waals surface area contributed by atoms with E-state index in [0.29, 0.717) is 11.3 Å². The first-order chi connectivity index (χ1) is 13.1. The standard InChI is InChI=1S/C21H17N3O3/c1-27-21(26)20-19(23)15(12-22)13-24(20)17-10-6-5-9-16(17)18(25)11-14-7-3-2-4-8-14/h2-10,13H,11,23H2,1H3. The van der Waals surface area contributed by atoms with Crippen LogP contribution in [0.3, 0.4) is 0 Å². The molecule has 3 aromatic rings. The Morgan fingerprint density at radius 2 is 1.78 bits per heavy atom. The van der Waals surface area contributed by atoms with Crippen LogP contribution in [0.25, 0.3) is 5.69 Å². The van der Waals surface area contributed by atoms with Crippen LogP contribution in [0.15, 0.2) is 60.8 Å². The lowest BCUT2D eigenvalue weighted by atomic mass is 10.0. The van der Waals surface area contributed by atoms with Gasteiger partial charge in [0.25, 0.3) is 0 Å². The van der Waals surface area contributed by atoms with Crippen LogP contribution in [-0.2, 0) is 11.2 Å². The van der Waals surface area contributed by atoms with E-state index < -0.39 is 5.97 Å². The van der Waals surface area contributed by atoms with Crippen LogP contribution in [0.5, 0.6) is 0 Å². The number of Topliss-reactive ketones (excluding diaryl/α,β-unsaturated/α-hetero) is 1. The molecule has 2 aromatic carbocycles. The second-order valence-electron chi connectivity index (χ2n) is 5.88. The van der Waals surface area contributed by atoms with Gasteiger partial charge in [0.1, 0.15) is 6.07 Å². The molecule has 0 amide bonds. The van der Waals surface area contributed by atoms with E-state index in [0.717, 1.165) is 5.56 Å². The van der Waals surface area contributed by atoms with E-state index in [1.54, 1.807) is 24.3 Å². The Hall–Kier alpha value is -3.85. The molecule has 0 atom stereocenters. The Bertz CT molecular complexity index is 1050. The minimum absolute atomic E-state index is 0.0222. The molecule has 0 saturated carbocycles. The maximum atomic E-state index is 12.9. The number of nitrogen functional groups attached to an aromatic ring is 1. The van der Waals surface area contributed by atoms with Crippen LogP contribution in [0, 0.1) is 11.3 Å². The summed E-state index contributed by atoms with van der Waals surface area (Å²) in [5.41, 5.74) is 7.91. The van der Waals surface area contributed by atoms with Crippen LogP contribution in [0.4, 0.5) is 5.69 Å². The first-order valence-electron chi connectivity index (χ1n) is 8.22. The van der Waals surface area contributed by atoms with Crippen molar-refractivity contribution in [2.45, 2.75) is 6.42 Å². The Balaban J connectivity index is 2.11. The van der Waals surface area contributed by atoms with Crippen molar-refractivity contribution < 1.29 is 14.3 Å². The average molecular weight is 359 g/mol. The van der Waals surface area contributed by atoms with Crippen LogP contribution in [0.2, 0.25) is 0 Å². The molecule has 27 heavy (non-hydrogen) atoms. The average Bonchev–Trinajstić information content (AvgIpc) is 3.04. The molecule has 0 aliphatic rings. The second-order valence-corrected chi connectivity index (χ2v) is 5.88. The number of benzene rings is 2. The van der Waals surface area contributed by atoms with Crippen molar-refractivity contribution in [2.24, 2.45) is 0 Å². The van der Waals surface area contributed by atoms with E-state index in [2.05, 4.69) is 0 Å². The molecule has 0 unspecified atom stereocenters. The van der Waals surface area contributed by atoms with Crippen molar-refractivity contribution in [2.75, 3.05) is 12.8 Å². The molecule has 0 radical (unpaired) electrons. The monoisotopic (exact) mass is 359 g/mol. The number of nitrogens with two attached hydrogens (primary N) is 1. The lowest BCUT2D eigenvalue weighted by molar-refractivity contribution is 0.0592. The number of carbonyl (C=O) groups excluding carboxylic acids is 2. The SMILES string of the molecule is COC(=O)c1c(N)c(C#N)cn1-c1ccccc1C(=O)Cc1ccccc1. The number of methoxy groups -OCH3 is 1. The molecule has 6 nitrogen and oxygen atoms in total. The van der Waals surface area contributed by atoms with Gasteiger partial charge in [-0.2, -0.15) is 5.26 Å². The zero-order valence-electron chi connectivity index (χ0n) is 14.7. The number of hydrogen-bond acceptors (Lipinski definition) is 5. The Kier molecular flexibility index (Phi) is 5.04. The fraction of sp³-hybridized carbons (Fsp3) is 0.0952. The highest BCUT2D eigenvalue weighted by Crippen LogP contribution is 2.27. The molecule has 0 fully saturated rings. The van der Waals surface area contributed by atoms with Gasteiger partial charge in [-0.25, -0.2) is 4.79 Å². The number of para-hydroxylation sites is 1. The van der Waals surface area contributed by atoms with Crippen LogP contribution in [0.1, 0.15) is 32.0 Å². The first-order valence-corrected chi connectivity index (χ1v) is 8.22. The first kappa shape index (κ1) is 18.0. The molecule has 0 spiro atoms. The molecule has 1 aromatic heterocycles. The van der Waals surface area contributed by atoms with Crippen LogP contribution in [-0.4, -0.2) is 23.4 Å². The summed E-state index contributed by atoms with van der Waals surface area (Å²) in [5, 5.41) is 9.27. The van der Waals surface area contributed by atoms with E-state index in [-0.39, 0.29) is 29.1 Å². The predicted molar refractivity (Wildman–Crippen MR) is 101 cm³/mol. The van der Waals surface area contributed by atoms with E-state index in [4.69, 9.17) is 10.5 Å². The third-order valence-electron chi connectivity index (χ3n) is 4.22. The van der Waals surface area contributed by atoms with Gasteiger partial charge in [0, 0.05) is 18.2 Å². The number of ketones is 1. The molecule has 0 bridgehead atoms. The number of aromatic nitrogens is 1. The topological polar surface area (TPSA) is 98.1 Å². The van der Waals surface area contributed by atoms with Gasteiger partial charge in [0.05, 0.1) is 24.0 Å². The largest absolute Gasteiger partial charge is 0.464 e. The van der Waals surface area contributed by atoms with Gasteiger partial charge in [0.2, 0.25) is 0 Å². The van der Waals surface area contributed by atoms with Crippen molar-refractivity contribution in [3.8, 4) is 11.8 Å². The molecular weight excluding hydrogens is 342 g/mol. The summed E-state index contributed by atoms with van der Waals surface area (Å²) in [4.78, 5) is 25.1. The van der Waals surface area contributed by atoms with Crippen molar-refractivity contribution in [3.63, 3.8) is 0 Å². The number of anilines is 1. The van der Waals surface area contributed by atoms with E-state index in [1.165, 1.54) is 17.9 Å². The highest BCUT2D eigenvalue weighted by atomic mass is 16.5. The number of nitriles is 1. The fourth-order valence-electron chi connectivity index (χ4n) is 2.90. The third-order valence-corrected chi connectivity index (χ3v) is 4.22. The summed E-state index contributed by atoms with van der Waals surface area (Å²) >= 11 is 0. The van der Waals surface area contributed by atoms with Crippen LogP contribution < -0.4 is 5.73 Å².